The van der Waals surface area contributed by atoms with Gasteiger partial charge in [0.25, 0.3) is 5.56 Å². The molecule has 1 atom stereocenters. The molecule has 0 saturated carbocycles. The third-order valence-corrected chi connectivity index (χ3v) is 5.20. The number of aromatic amines is 1. The number of H-pyrrole nitrogens is 1. The zero-order valence-corrected chi connectivity index (χ0v) is 18.6. The standard InChI is InChI=1S/C23H19ClN6O3/c1-13(28-23-27-11-15(10-25)22(30-23)32-2)17-7-14-8-18(24)20(9-19(14)29-21(17)31)33-12-16-5-3-4-6-26-16/h3-9,11,13H,12H2,1-2H3,(H,29,31)(H,27,28,30)/t13-/m0/s1. The first-order valence-corrected chi connectivity index (χ1v) is 10.3. The Bertz CT molecular complexity index is 1400. The lowest BCUT2D eigenvalue weighted by atomic mass is 10.1. The highest BCUT2D eigenvalue weighted by molar-refractivity contribution is 6.32. The molecule has 4 rings (SSSR count). The molecule has 0 aliphatic heterocycles. The quantitative estimate of drug-likeness (QED) is 0.422. The number of methoxy groups -OCH3 is 1. The Morgan fingerprint density at radius 1 is 1.27 bits per heavy atom. The van der Waals surface area contributed by atoms with Gasteiger partial charge in [0.05, 0.1) is 35.6 Å². The van der Waals surface area contributed by atoms with Crippen LogP contribution in [0.1, 0.15) is 29.8 Å². The van der Waals surface area contributed by atoms with Crippen LogP contribution in [-0.4, -0.2) is 27.0 Å². The van der Waals surface area contributed by atoms with Crippen LogP contribution >= 0.6 is 11.6 Å². The molecule has 0 bridgehead atoms. The molecular weight excluding hydrogens is 444 g/mol. The minimum absolute atomic E-state index is 0.152. The first-order valence-electron chi connectivity index (χ1n) is 9.95. The van der Waals surface area contributed by atoms with E-state index in [0.717, 1.165) is 11.1 Å². The van der Waals surface area contributed by atoms with E-state index in [-0.39, 0.29) is 29.6 Å². The Kier molecular flexibility index (Phi) is 6.38. The Labute approximate surface area is 194 Å². The summed E-state index contributed by atoms with van der Waals surface area (Å²) in [6.45, 7) is 2.06. The largest absolute Gasteiger partial charge is 0.486 e. The van der Waals surface area contributed by atoms with Crippen LogP contribution in [0.15, 0.2) is 53.6 Å². The van der Waals surface area contributed by atoms with Gasteiger partial charge in [-0.1, -0.05) is 17.7 Å². The zero-order chi connectivity index (χ0) is 23.4. The van der Waals surface area contributed by atoms with Crippen LogP contribution < -0.4 is 20.3 Å². The fraction of sp³-hybridized carbons (Fsp3) is 0.174. The van der Waals surface area contributed by atoms with Gasteiger partial charge in [0.1, 0.15) is 24.0 Å². The molecule has 0 amide bonds. The van der Waals surface area contributed by atoms with Crippen molar-refractivity contribution in [2.45, 2.75) is 19.6 Å². The van der Waals surface area contributed by atoms with E-state index >= 15 is 0 Å². The zero-order valence-electron chi connectivity index (χ0n) is 17.8. The maximum absolute atomic E-state index is 12.8. The third-order valence-electron chi connectivity index (χ3n) is 4.91. The van der Waals surface area contributed by atoms with Crippen molar-refractivity contribution >= 4 is 28.5 Å². The van der Waals surface area contributed by atoms with E-state index in [0.29, 0.717) is 21.9 Å². The van der Waals surface area contributed by atoms with Crippen molar-refractivity contribution in [2.75, 3.05) is 12.4 Å². The smallest absolute Gasteiger partial charge is 0.253 e. The Balaban J connectivity index is 1.58. The van der Waals surface area contributed by atoms with Gasteiger partial charge in [-0.2, -0.15) is 10.2 Å². The highest BCUT2D eigenvalue weighted by atomic mass is 35.5. The molecule has 0 aliphatic carbocycles. The first kappa shape index (κ1) is 22.0. The number of anilines is 1. The fourth-order valence-corrected chi connectivity index (χ4v) is 3.46. The van der Waals surface area contributed by atoms with Gasteiger partial charge in [0.2, 0.25) is 11.8 Å². The van der Waals surface area contributed by atoms with Crippen molar-refractivity contribution in [2.24, 2.45) is 0 Å². The van der Waals surface area contributed by atoms with Crippen molar-refractivity contribution in [3.8, 4) is 17.7 Å². The van der Waals surface area contributed by atoms with Crippen LogP contribution in [0.2, 0.25) is 5.02 Å². The van der Waals surface area contributed by atoms with Crippen molar-refractivity contribution < 1.29 is 9.47 Å². The van der Waals surface area contributed by atoms with Crippen molar-refractivity contribution in [3.05, 3.63) is 81.0 Å². The number of nitriles is 1. The summed E-state index contributed by atoms with van der Waals surface area (Å²) in [7, 11) is 1.42. The maximum atomic E-state index is 12.8. The molecule has 1 aromatic carbocycles. The lowest BCUT2D eigenvalue weighted by Crippen LogP contribution is -2.20. The van der Waals surface area contributed by atoms with Crippen LogP contribution in [0.25, 0.3) is 10.9 Å². The average Bonchev–Trinajstić information content (AvgIpc) is 2.83. The van der Waals surface area contributed by atoms with E-state index < -0.39 is 6.04 Å². The summed E-state index contributed by atoms with van der Waals surface area (Å²) >= 11 is 6.42. The van der Waals surface area contributed by atoms with Crippen LogP contribution in [0.3, 0.4) is 0 Å². The van der Waals surface area contributed by atoms with E-state index in [1.165, 1.54) is 13.3 Å². The van der Waals surface area contributed by atoms with Gasteiger partial charge in [-0.3, -0.25) is 9.78 Å². The van der Waals surface area contributed by atoms with Crippen molar-refractivity contribution in [3.63, 3.8) is 0 Å². The summed E-state index contributed by atoms with van der Waals surface area (Å²) in [6, 6.07) is 12.3. The number of fused-ring (bicyclic) bond motifs is 1. The highest BCUT2D eigenvalue weighted by Crippen LogP contribution is 2.30. The second kappa shape index (κ2) is 9.54. The summed E-state index contributed by atoms with van der Waals surface area (Å²) in [4.78, 5) is 28.1. The monoisotopic (exact) mass is 462 g/mol. The molecule has 166 valence electrons. The number of hydrogen-bond acceptors (Lipinski definition) is 8. The second-order valence-electron chi connectivity index (χ2n) is 7.13. The number of pyridine rings is 2. The molecule has 0 fully saturated rings. The highest BCUT2D eigenvalue weighted by Gasteiger charge is 2.15. The van der Waals surface area contributed by atoms with Gasteiger partial charge in [-0.05, 0) is 31.2 Å². The first-order chi connectivity index (χ1) is 16.0. The van der Waals surface area contributed by atoms with Crippen LogP contribution in [0.5, 0.6) is 11.6 Å². The molecule has 10 heteroatoms. The lowest BCUT2D eigenvalue weighted by molar-refractivity contribution is 0.302. The van der Waals surface area contributed by atoms with Gasteiger partial charge >= 0.3 is 0 Å². The number of ether oxygens (including phenoxy) is 2. The summed E-state index contributed by atoms with van der Waals surface area (Å²) in [5, 5.41) is 13.3. The SMILES string of the molecule is COc1nc(N[C@@H](C)c2cc3cc(Cl)c(OCc4ccccn4)cc3[nH]c2=O)ncc1C#N. The predicted molar refractivity (Wildman–Crippen MR) is 123 cm³/mol. The summed E-state index contributed by atoms with van der Waals surface area (Å²) in [6.07, 6.45) is 3.05. The molecule has 0 unspecified atom stereocenters. The predicted octanol–water partition coefficient (Wildman–Crippen LogP) is 4.00. The van der Waals surface area contributed by atoms with E-state index in [4.69, 9.17) is 26.3 Å². The number of halogens is 1. The number of nitrogens with zero attached hydrogens (tertiary/aromatic N) is 4. The minimum Gasteiger partial charge on any atom is -0.486 e. The number of hydrogen-bond donors (Lipinski definition) is 2. The summed E-state index contributed by atoms with van der Waals surface area (Å²) < 4.78 is 10.9. The molecule has 2 N–H and O–H groups in total. The average molecular weight is 463 g/mol. The van der Waals surface area contributed by atoms with Gasteiger partial charge in [-0.25, -0.2) is 4.98 Å². The van der Waals surface area contributed by atoms with E-state index in [1.54, 1.807) is 31.3 Å². The third kappa shape index (κ3) is 4.86. The fourth-order valence-electron chi connectivity index (χ4n) is 3.23. The maximum Gasteiger partial charge on any atom is 0.253 e. The molecule has 0 saturated heterocycles. The minimum atomic E-state index is -0.436. The number of nitrogens with one attached hydrogen (secondary N) is 2. The number of benzene rings is 1. The normalized spacial score (nSPS) is 11.6. The van der Waals surface area contributed by atoms with Gasteiger partial charge in [0.15, 0.2) is 0 Å². The second-order valence-corrected chi connectivity index (χ2v) is 7.54. The molecule has 0 radical (unpaired) electrons. The van der Waals surface area contributed by atoms with Crippen LogP contribution in [-0.2, 0) is 6.61 Å². The molecule has 3 heterocycles. The summed E-state index contributed by atoms with van der Waals surface area (Å²) in [5.41, 5.74) is 1.76. The van der Waals surface area contributed by atoms with Gasteiger partial charge in [-0.15, -0.1) is 0 Å². The number of rotatable bonds is 7. The molecule has 9 nitrogen and oxygen atoms in total. The van der Waals surface area contributed by atoms with Crippen molar-refractivity contribution in [1.82, 2.24) is 19.9 Å². The molecule has 33 heavy (non-hydrogen) atoms. The van der Waals surface area contributed by atoms with Crippen LogP contribution in [0.4, 0.5) is 5.95 Å². The van der Waals surface area contributed by atoms with Gasteiger partial charge < -0.3 is 19.8 Å². The topological polar surface area (TPSA) is 126 Å². The number of aromatic nitrogens is 4. The van der Waals surface area contributed by atoms with E-state index in [2.05, 4.69) is 25.3 Å². The summed E-state index contributed by atoms with van der Waals surface area (Å²) in [5.74, 6) is 0.830. The van der Waals surface area contributed by atoms with Gasteiger partial charge in [0, 0.05) is 23.2 Å². The molecule has 0 aliphatic rings. The van der Waals surface area contributed by atoms with Crippen molar-refractivity contribution in [1.29, 1.82) is 5.26 Å². The Hall–Kier alpha value is -4.16. The lowest BCUT2D eigenvalue weighted by Gasteiger charge is -2.15. The molecule has 3 aromatic heterocycles. The molecule has 0 spiro atoms. The molecule has 4 aromatic rings. The van der Waals surface area contributed by atoms with Crippen LogP contribution in [0, 0.1) is 11.3 Å². The van der Waals surface area contributed by atoms with E-state index in [9.17, 15) is 4.79 Å². The Morgan fingerprint density at radius 3 is 2.85 bits per heavy atom. The van der Waals surface area contributed by atoms with E-state index in [1.807, 2.05) is 24.3 Å². The molecular formula is C23H19ClN6O3. The Morgan fingerprint density at radius 2 is 2.12 bits per heavy atom.